The van der Waals surface area contributed by atoms with Gasteiger partial charge in [-0.1, -0.05) is 141 Å². The van der Waals surface area contributed by atoms with Crippen LogP contribution in [0.4, 0.5) is 0 Å². The highest BCUT2D eigenvalue weighted by molar-refractivity contribution is 5.71. The third kappa shape index (κ3) is 35.0. The summed E-state index contributed by atoms with van der Waals surface area (Å²) in [7, 11) is 0. The van der Waals surface area contributed by atoms with Crippen LogP contribution in [0.3, 0.4) is 0 Å². The lowest BCUT2D eigenvalue weighted by molar-refractivity contribution is -0.167. The van der Waals surface area contributed by atoms with Gasteiger partial charge in [0.15, 0.2) is 6.10 Å². The molecule has 0 aliphatic heterocycles. The summed E-state index contributed by atoms with van der Waals surface area (Å²) >= 11 is 0. The van der Waals surface area contributed by atoms with Crippen molar-refractivity contribution in [3.05, 3.63) is 24.3 Å². The molecule has 0 fully saturated rings. The van der Waals surface area contributed by atoms with Gasteiger partial charge in [0.2, 0.25) is 0 Å². The molecule has 0 amide bonds. The summed E-state index contributed by atoms with van der Waals surface area (Å²) < 4.78 is 16.5. The van der Waals surface area contributed by atoms with E-state index in [4.69, 9.17) is 14.2 Å². The maximum atomic E-state index is 12.6. The van der Waals surface area contributed by atoms with Gasteiger partial charge in [0.05, 0.1) is 0 Å². The Kier molecular flexibility index (Phi) is 35.1. The van der Waals surface area contributed by atoms with E-state index in [0.29, 0.717) is 19.3 Å². The number of esters is 3. The van der Waals surface area contributed by atoms with E-state index in [1.54, 1.807) is 0 Å². The first-order valence-electron chi connectivity index (χ1n) is 19.8. The molecule has 6 nitrogen and oxygen atoms in total. The highest BCUT2D eigenvalue weighted by Crippen LogP contribution is 2.13. The van der Waals surface area contributed by atoms with Crippen molar-refractivity contribution in [2.45, 2.75) is 207 Å². The molecular weight excluding hydrogens is 588 g/mol. The topological polar surface area (TPSA) is 78.9 Å². The molecule has 1 atom stereocenters. The third-order valence-electron chi connectivity index (χ3n) is 8.41. The summed E-state index contributed by atoms with van der Waals surface area (Å²) in [5.41, 5.74) is 0. The minimum absolute atomic E-state index is 0.0770. The number of carbonyl (C=O) groups excluding carboxylic acids is 3. The predicted octanol–water partition coefficient (Wildman–Crippen LogP) is 12.1. The zero-order valence-corrected chi connectivity index (χ0v) is 31.0. The van der Waals surface area contributed by atoms with Crippen molar-refractivity contribution < 1.29 is 28.6 Å². The quantitative estimate of drug-likeness (QED) is 0.0291. The van der Waals surface area contributed by atoms with E-state index < -0.39 is 6.10 Å². The summed E-state index contributed by atoms with van der Waals surface area (Å²) in [6.45, 7) is 6.46. The summed E-state index contributed by atoms with van der Waals surface area (Å²) in [4.78, 5) is 37.3. The van der Waals surface area contributed by atoms with Crippen molar-refractivity contribution >= 4 is 17.9 Å². The summed E-state index contributed by atoms with van der Waals surface area (Å²) in [6.07, 6.45) is 37.5. The fraction of sp³-hybridized carbons (Fsp3) is 0.829. The Hall–Kier alpha value is -2.11. The lowest BCUT2D eigenvalue weighted by atomic mass is 10.1. The molecule has 0 aliphatic rings. The van der Waals surface area contributed by atoms with E-state index in [-0.39, 0.29) is 31.1 Å². The van der Waals surface area contributed by atoms with Crippen LogP contribution < -0.4 is 0 Å². The molecule has 0 aliphatic carbocycles. The van der Waals surface area contributed by atoms with Crippen LogP contribution in [0, 0.1) is 0 Å². The Morgan fingerprint density at radius 1 is 0.404 bits per heavy atom. The maximum Gasteiger partial charge on any atom is 0.306 e. The molecule has 6 heteroatoms. The first-order chi connectivity index (χ1) is 23.0. The highest BCUT2D eigenvalue weighted by Gasteiger charge is 2.19. The second kappa shape index (κ2) is 36.7. The Morgan fingerprint density at radius 2 is 0.745 bits per heavy atom. The summed E-state index contributed by atoms with van der Waals surface area (Å²) in [5, 5.41) is 0. The van der Waals surface area contributed by atoms with Gasteiger partial charge in [0.25, 0.3) is 0 Å². The molecular formula is C41H74O6. The van der Waals surface area contributed by atoms with E-state index >= 15 is 0 Å². The van der Waals surface area contributed by atoms with Gasteiger partial charge in [-0.05, 0) is 64.2 Å². The molecule has 0 aromatic heterocycles. The zero-order valence-electron chi connectivity index (χ0n) is 31.0. The van der Waals surface area contributed by atoms with Crippen molar-refractivity contribution in [2.75, 3.05) is 13.2 Å². The third-order valence-corrected chi connectivity index (χ3v) is 8.41. The van der Waals surface area contributed by atoms with Crippen LogP contribution in [0.2, 0.25) is 0 Å². The Bertz CT molecular complexity index is 774. The van der Waals surface area contributed by atoms with Crippen LogP contribution in [-0.2, 0) is 28.6 Å². The lowest BCUT2D eigenvalue weighted by Crippen LogP contribution is -2.30. The largest absolute Gasteiger partial charge is 0.462 e. The summed E-state index contributed by atoms with van der Waals surface area (Å²) in [6, 6.07) is 0. The second-order valence-corrected chi connectivity index (χ2v) is 13.2. The number of hydrogen-bond acceptors (Lipinski definition) is 6. The average molecular weight is 663 g/mol. The fourth-order valence-corrected chi connectivity index (χ4v) is 5.38. The van der Waals surface area contributed by atoms with Crippen LogP contribution in [0.15, 0.2) is 24.3 Å². The van der Waals surface area contributed by atoms with Crippen molar-refractivity contribution in [3.63, 3.8) is 0 Å². The maximum absolute atomic E-state index is 12.6. The molecule has 274 valence electrons. The Balaban J connectivity index is 4.32. The molecule has 0 aromatic rings. The number of rotatable bonds is 35. The standard InChI is InChI=1S/C41H74O6/c1-4-7-10-13-16-18-20-21-22-24-25-28-31-34-40(43)46-37-38(36-45-39(42)33-30-27-15-12-9-6-3)47-41(44)35-32-29-26-23-19-17-14-11-8-5-2/h11,14,18,20,38H,4-10,12-13,15-17,19,21-37H2,1-3H3/b14-11-,20-18-. The molecule has 0 spiro atoms. The molecule has 0 aromatic carbocycles. The first-order valence-corrected chi connectivity index (χ1v) is 19.8. The molecule has 0 heterocycles. The number of allylic oxidation sites excluding steroid dienone is 4. The van der Waals surface area contributed by atoms with E-state index in [2.05, 4.69) is 45.1 Å². The van der Waals surface area contributed by atoms with E-state index in [0.717, 1.165) is 83.5 Å². The normalized spacial score (nSPS) is 12.1. The highest BCUT2D eigenvalue weighted by atomic mass is 16.6. The van der Waals surface area contributed by atoms with Crippen LogP contribution in [0.1, 0.15) is 201 Å². The Labute approximate surface area is 290 Å². The molecule has 0 saturated carbocycles. The van der Waals surface area contributed by atoms with E-state index in [1.807, 2.05) is 0 Å². The molecule has 1 unspecified atom stereocenters. The zero-order chi connectivity index (χ0) is 34.5. The minimum Gasteiger partial charge on any atom is -0.462 e. The molecule has 0 rings (SSSR count). The first kappa shape index (κ1) is 44.9. The summed E-state index contributed by atoms with van der Waals surface area (Å²) in [5.74, 6) is -0.910. The number of unbranched alkanes of at least 4 members (excludes halogenated alkanes) is 20. The predicted molar refractivity (Wildman–Crippen MR) is 196 cm³/mol. The number of carbonyl (C=O) groups is 3. The molecule has 0 radical (unpaired) electrons. The van der Waals surface area contributed by atoms with Crippen LogP contribution in [0.25, 0.3) is 0 Å². The van der Waals surface area contributed by atoms with Gasteiger partial charge in [0, 0.05) is 19.3 Å². The van der Waals surface area contributed by atoms with Crippen LogP contribution in [-0.4, -0.2) is 37.2 Å². The van der Waals surface area contributed by atoms with Gasteiger partial charge >= 0.3 is 17.9 Å². The van der Waals surface area contributed by atoms with Gasteiger partial charge in [-0.25, -0.2) is 0 Å². The number of ether oxygens (including phenoxy) is 3. The Morgan fingerprint density at radius 3 is 1.17 bits per heavy atom. The molecule has 0 N–H and O–H groups in total. The van der Waals surface area contributed by atoms with E-state index in [9.17, 15) is 14.4 Å². The van der Waals surface area contributed by atoms with Crippen LogP contribution >= 0.6 is 0 Å². The number of hydrogen-bond donors (Lipinski definition) is 0. The molecule has 0 bridgehead atoms. The second-order valence-electron chi connectivity index (χ2n) is 13.2. The lowest BCUT2D eigenvalue weighted by Gasteiger charge is -2.18. The average Bonchev–Trinajstić information content (AvgIpc) is 3.06. The smallest absolute Gasteiger partial charge is 0.306 e. The molecule has 47 heavy (non-hydrogen) atoms. The van der Waals surface area contributed by atoms with Crippen molar-refractivity contribution in [3.8, 4) is 0 Å². The van der Waals surface area contributed by atoms with Crippen molar-refractivity contribution in [1.29, 1.82) is 0 Å². The van der Waals surface area contributed by atoms with E-state index in [1.165, 1.54) is 77.0 Å². The monoisotopic (exact) mass is 663 g/mol. The van der Waals surface area contributed by atoms with Gasteiger partial charge in [-0.2, -0.15) is 0 Å². The van der Waals surface area contributed by atoms with Gasteiger partial charge in [-0.15, -0.1) is 0 Å². The molecule has 0 saturated heterocycles. The van der Waals surface area contributed by atoms with Gasteiger partial charge < -0.3 is 14.2 Å². The fourth-order valence-electron chi connectivity index (χ4n) is 5.38. The van der Waals surface area contributed by atoms with Gasteiger partial charge in [-0.3, -0.25) is 14.4 Å². The van der Waals surface area contributed by atoms with Crippen molar-refractivity contribution in [1.82, 2.24) is 0 Å². The van der Waals surface area contributed by atoms with Crippen LogP contribution in [0.5, 0.6) is 0 Å². The minimum atomic E-state index is -0.769. The SMILES string of the molecule is CCC/C=C\CCCCCCCC(=O)OC(COC(=O)CCCCCCCC)COC(=O)CCCCCCC/C=C\CCCCCC. The van der Waals surface area contributed by atoms with Gasteiger partial charge in [0.1, 0.15) is 13.2 Å². The van der Waals surface area contributed by atoms with Crippen molar-refractivity contribution in [2.24, 2.45) is 0 Å².